The van der Waals surface area contributed by atoms with E-state index in [2.05, 4.69) is 73.8 Å². The van der Waals surface area contributed by atoms with Gasteiger partial charge in [0.1, 0.15) is 48.8 Å². The fourth-order valence-electron chi connectivity index (χ4n) is 9.21. The molecule has 0 aromatic carbocycles. The Morgan fingerprint density at radius 2 is 0.932 bits per heavy atom. The lowest BCUT2D eigenvalue weighted by Crippen LogP contribution is -2.65. The molecule has 0 radical (unpaired) electrons. The van der Waals surface area contributed by atoms with E-state index in [9.17, 15) is 45.6 Å². The molecule has 9 N–H and O–H groups in total. The summed E-state index contributed by atoms with van der Waals surface area (Å²) in [6.07, 6.45) is 42.3. The van der Waals surface area contributed by atoms with Crippen LogP contribution in [0.2, 0.25) is 0 Å². The van der Waals surface area contributed by atoms with Crippen LogP contribution in [0.3, 0.4) is 0 Å². The van der Waals surface area contributed by atoms with Crippen molar-refractivity contribution in [3.63, 3.8) is 0 Å². The average molecular weight is 1050 g/mol. The number of unbranched alkanes of at least 4 members (excludes halogenated alkanes) is 22. The van der Waals surface area contributed by atoms with Crippen molar-refractivity contribution < 1.29 is 64.6 Å². The molecule has 0 aliphatic carbocycles. The maximum Gasteiger partial charge on any atom is 0.220 e. The molecule has 0 saturated carbocycles. The number of hydrogen-bond donors (Lipinski definition) is 9. The van der Waals surface area contributed by atoms with Crippen LogP contribution in [0.5, 0.6) is 0 Å². The van der Waals surface area contributed by atoms with Gasteiger partial charge in [0.05, 0.1) is 32.0 Å². The zero-order valence-corrected chi connectivity index (χ0v) is 45.8. The van der Waals surface area contributed by atoms with Gasteiger partial charge in [-0.25, -0.2) is 0 Å². The predicted molar refractivity (Wildman–Crippen MR) is 295 cm³/mol. The van der Waals surface area contributed by atoms with Crippen molar-refractivity contribution >= 4 is 5.91 Å². The van der Waals surface area contributed by atoms with Crippen molar-refractivity contribution in [2.75, 3.05) is 19.8 Å². The first-order valence-electron chi connectivity index (χ1n) is 29.2. The van der Waals surface area contributed by atoms with Crippen LogP contribution in [-0.4, -0.2) is 140 Å². The number of hydrogen-bond acceptors (Lipinski definition) is 13. The summed E-state index contributed by atoms with van der Waals surface area (Å²) in [7, 11) is 0. The molecule has 12 atom stereocenters. The summed E-state index contributed by atoms with van der Waals surface area (Å²) in [6.45, 7) is 2.64. The largest absolute Gasteiger partial charge is 0.394 e. The Kier molecular flexibility index (Phi) is 41.5. The Hall–Kier alpha value is -2.57. The number of allylic oxidation sites excluding steroid dienone is 11. The fraction of sp³-hybridized carbons (Fsp3) is 0.783. The highest BCUT2D eigenvalue weighted by Gasteiger charge is 2.51. The van der Waals surface area contributed by atoms with Gasteiger partial charge in [-0.05, 0) is 57.8 Å². The van der Waals surface area contributed by atoms with Gasteiger partial charge in [-0.15, -0.1) is 0 Å². The first kappa shape index (κ1) is 67.5. The lowest BCUT2D eigenvalue weighted by Gasteiger charge is -2.46. The van der Waals surface area contributed by atoms with E-state index >= 15 is 0 Å². The number of aliphatic hydroxyl groups excluding tert-OH is 8. The first-order chi connectivity index (χ1) is 36.1. The Balaban J connectivity index is 1.80. The Morgan fingerprint density at radius 3 is 1.42 bits per heavy atom. The summed E-state index contributed by atoms with van der Waals surface area (Å²) in [5.74, 6) is -0.297. The van der Waals surface area contributed by atoms with Crippen LogP contribution >= 0.6 is 0 Å². The summed E-state index contributed by atoms with van der Waals surface area (Å²) in [5, 5.41) is 87.0. The molecule has 2 saturated heterocycles. The van der Waals surface area contributed by atoms with E-state index < -0.39 is 86.8 Å². The van der Waals surface area contributed by atoms with E-state index in [4.69, 9.17) is 18.9 Å². The van der Waals surface area contributed by atoms with Crippen LogP contribution in [0.4, 0.5) is 0 Å². The standard InChI is InChI=1S/C60H105NO13/c1-3-5-7-9-11-13-15-17-19-21-22-23-24-25-26-28-29-31-33-35-37-39-41-43-49(64)48(61-52(65)44-42-40-38-36-34-32-30-27-20-18-16-14-12-10-8-6-4-2)47-71-59-57(70)55(68)58(51(46-63)73-59)74-60-56(69)54(67)53(66)50(45-62)72-60/h6,8,12,14,18,20,30,32,36,38,41,43,48-51,53-60,62-64,66-70H,3-5,7,9-11,13,15-17,19,21-29,31,33-35,37,39-40,42,44-47H2,1-2H3,(H,61,65)/b8-6-,14-12-,20-18-,32-30-,38-36-,43-41+. The number of carbonyl (C=O) groups is 1. The van der Waals surface area contributed by atoms with Crippen molar-refractivity contribution in [1.82, 2.24) is 5.32 Å². The van der Waals surface area contributed by atoms with Crippen molar-refractivity contribution in [2.24, 2.45) is 0 Å². The normalized spacial score (nSPS) is 25.8. The number of carbonyl (C=O) groups excluding carboxylic acids is 1. The lowest BCUT2D eigenvalue weighted by atomic mass is 9.97. The van der Waals surface area contributed by atoms with Gasteiger partial charge in [0, 0.05) is 6.42 Å². The first-order valence-corrected chi connectivity index (χ1v) is 29.2. The summed E-state index contributed by atoms with van der Waals surface area (Å²) in [5.41, 5.74) is 0. The lowest BCUT2D eigenvalue weighted by molar-refractivity contribution is -0.359. The third-order valence-corrected chi connectivity index (χ3v) is 13.9. The number of rotatable bonds is 45. The Labute approximate surface area is 447 Å². The fourth-order valence-corrected chi connectivity index (χ4v) is 9.21. The minimum absolute atomic E-state index is 0.200. The van der Waals surface area contributed by atoms with Crippen LogP contribution in [0.25, 0.3) is 0 Å². The van der Waals surface area contributed by atoms with E-state index in [1.54, 1.807) is 6.08 Å². The second-order valence-corrected chi connectivity index (χ2v) is 20.4. The van der Waals surface area contributed by atoms with E-state index in [-0.39, 0.29) is 18.9 Å². The maximum absolute atomic E-state index is 13.2. The molecular formula is C60H105NO13. The van der Waals surface area contributed by atoms with Gasteiger partial charge in [0.25, 0.3) is 0 Å². The highest BCUT2D eigenvalue weighted by Crippen LogP contribution is 2.30. The van der Waals surface area contributed by atoms with Gasteiger partial charge >= 0.3 is 0 Å². The van der Waals surface area contributed by atoms with Crippen molar-refractivity contribution in [1.29, 1.82) is 0 Å². The van der Waals surface area contributed by atoms with Gasteiger partial charge in [-0.2, -0.15) is 0 Å². The monoisotopic (exact) mass is 1050 g/mol. The van der Waals surface area contributed by atoms with Gasteiger partial charge in [-0.1, -0.05) is 215 Å². The second kappa shape index (κ2) is 45.4. The molecule has 0 aromatic heterocycles. The van der Waals surface area contributed by atoms with Gasteiger partial charge in [0.15, 0.2) is 12.6 Å². The van der Waals surface area contributed by atoms with E-state index in [1.807, 2.05) is 12.2 Å². The molecule has 12 unspecified atom stereocenters. The third-order valence-electron chi connectivity index (χ3n) is 13.9. The van der Waals surface area contributed by atoms with Crippen molar-refractivity contribution in [3.8, 4) is 0 Å². The topological polar surface area (TPSA) is 228 Å². The van der Waals surface area contributed by atoms with E-state index in [1.165, 1.54) is 122 Å². The molecule has 2 rings (SSSR count). The predicted octanol–water partition coefficient (Wildman–Crippen LogP) is 9.55. The zero-order valence-electron chi connectivity index (χ0n) is 45.8. The summed E-state index contributed by atoms with van der Waals surface area (Å²) < 4.78 is 22.7. The molecule has 0 bridgehead atoms. The number of amides is 1. The van der Waals surface area contributed by atoms with Crippen molar-refractivity contribution in [2.45, 2.75) is 280 Å². The third kappa shape index (κ3) is 31.0. The molecule has 0 aromatic rings. The molecule has 2 aliphatic rings. The van der Waals surface area contributed by atoms with E-state index in [0.29, 0.717) is 12.8 Å². The van der Waals surface area contributed by atoms with E-state index in [0.717, 1.165) is 51.4 Å². The van der Waals surface area contributed by atoms with Gasteiger partial charge in [-0.3, -0.25) is 4.79 Å². The molecule has 428 valence electrons. The SMILES string of the molecule is CC/C=C\C/C=C\C/C=C\C/C=C\C/C=C\CCCC(=O)NC(COC1OC(CO)C(OC2OC(CO)C(O)C(O)C2O)C(O)C1O)C(O)/C=C/CCCCCCCCCCCCCCCCCCCCCCC. The summed E-state index contributed by atoms with van der Waals surface area (Å²) in [4.78, 5) is 13.2. The Morgan fingerprint density at radius 1 is 0.500 bits per heavy atom. The molecule has 14 nitrogen and oxygen atoms in total. The minimum Gasteiger partial charge on any atom is -0.394 e. The van der Waals surface area contributed by atoms with Crippen LogP contribution in [-0.2, 0) is 23.7 Å². The molecule has 14 heteroatoms. The molecule has 0 spiro atoms. The van der Waals surface area contributed by atoms with Crippen LogP contribution in [0.1, 0.15) is 206 Å². The molecule has 2 aliphatic heterocycles. The van der Waals surface area contributed by atoms with Crippen molar-refractivity contribution in [3.05, 3.63) is 72.9 Å². The van der Waals surface area contributed by atoms with Crippen LogP contribution in [0, 0.1) is 0 Å². The molecule has 1 amide bonds. The second-order valence-electron chi connectivity index (χ2n) is 20.4. The average Bonchev–Trinajstić information content (AvgIpc) is 3.40. The summed E-state index contributed by atoms with van der Waals surface area (Å²) in [6, 6.07) is -0.948. The van der Waals surface area contributed by atoms with Crippen LogP contribution in [0.15, 0.2) is 72.9 Å². The number of aliphatic hydroxyl groups is 8. The highest BCUT2D eigenvalue weighted by molar-refractivity contribution is 5.76. The maximum atomic E-state index is 13.2. The minimum atomic E-state index is -1.80. The van der Waals surface area contributed by atoms with Crippen LogP contribution < -0.4 is 5.32 Å². The summed E-state index contributed by atoms with van der Waals surface area (Å²) >= 11 is 0. The highest BCUT2D eigenvalue weighted by atomic mass is 16.7. The molecular weight excluding hydrogens is 943 g/mol. The quantitative estimate of drug-likeness (QED) is 0.0205. The zero-order chi connectivity index (χ0) is 53.9. The number of nitrogens with one attached hydrogen (secondary N) is 1. The number of ether oxygens (including phenoxy) is 4. The molecule has 2 fully saturated rings. The molecule has 2 heterocycles. The van der Waals surface area contributed by atoms with Gasteiger partial charge < -0.3 is 65.1 Å². The van der Waals surface area contributed by atoms with Gasteiger partial charge in [0.2, 0.25) is 5.91 Å². The molecule has 74 heavy (non-hydrogen) atoms. The Bertz CT molecular complexity index is 1520. The smallest absolute Gasteiger partial charge is 0.220 e.